The number of nitrogens with zero attached hydrogens (tertiary/aromatic N) is 2. The van der Waals surface area contributed by atoms with Crippen LogP contribution in [0.25, 0.3) is 0 Å². The summed E-state index contributed by atoms with van der Waals surface area (Å²) in [6.45, 7) is 11.3. The molecule has 0 aromatic carbocycles. The van der Waals surface area contributed by atoms with Crippen molar-refractivity contribution < 1.29 is 14.3 Å². The van der Waals surface area contributed by atoms with Gasteiger partial charge in [0.15, 0.2) is 6.04 Å². The first-order chi connectivity index (χ1) is 12.8. The average molecular weight is 369 g/mol. The summed E-state index contributed by atoms with van der Waals surface area (Å²) >= 11 is 0. The van der Waals surface area contributed by atoms with E-state index in [0.717, 1.165) is 16.9 Å². The Bertz CT molecular complexity index is 830. The molecule has 8 heteroatoms. The van der Waals surface area contributed by atoms with Crippen LogP contribution in [-0.2, 0) is 9.53 Å². The van der Waals surface area contributed by atoms with Gasteiger partial charge in [-0.3, -0.25) is 15.1 Å². The van der Waals surface area contributed by atoms with E-state index >= 15 is 0 Å². The molecule has 0 bridgehead atoms. The maximum Gasteiger partial charge on any atom is 0.322 e. The third-order valence-corrected chi connectivity index (χ3v) is 3.85. The Morgan fingerprint density at radius 3 is 2.78 bits per heavy atom. The first-order valence-corrected chi connectivity index (χ1v) is 8.33. The lowest BCUT2D eigenvalue weighted by atomic mass is 10.1. The molecule has 0 radical (unpaired) electrons. The van der Waals surface area contributed by atoms with Gasteiger partial charge in [-0.15, -0.1) is 0 Å². The van der Waals surface area contributed by atoms with Gasteiger partial charge in [0, 0.05) is 30.0 Å². The normalized spacial score (nSPS) is 21.0. The van der Waals surface area contributed by atoms with E-state index in [0.29, 0.717) is 17.9 Å². The molecule has 8 nitrogen and oxygen atoms in total. The number of nitrogens with two attached hydrogens (primary N) is 1. The topological polar surface area (TPSA) is 118 Å². The van der Waals surface area contributed by atoms with Gasteiger partial charge in [0.25, 0.3) is 5.91 Å². The van der Waals surface area contributed by atoms with Crippen LogP contribution in [0.5, 0.6) is 0 Å². The van der Waals surface area contributed by atoms with E-state index in [-0.39, 0.29) is 12.4 Å². The van der Waals surface area contributed by atoms with Crippen molar-refractivity contribution in [1.82, 2.24) is 10.6 Å². The first-order valence-electron chi connectivity index (χ1n) is 8.33. The highest BCUT2D eigenvalue weighted by Gasteiger charge is 2.35. The zero-order chi connectivity index (χ0) is 20.0. The highest BCUT2D eigenvalue weighted by Crippen LogP contribution is 2.23. The van der Waals surface area contributed by atoms with E-state index < -0.39 is 18.0 Å². The predicted molar refractivity (Wildman–Crippen MR) is 105 cm³/mol. The smallest absolute Gasteiger partial charge is 0.322 e. The molecular weight excluding hydrogens is 346 g/mol. The van der Waals surface area contributed by atoms with Crippen LogP contribution in [0.4, 0.5) is 4.79 Å². The van der Waals surface area contributed by atoms with Crippen LogP contribution in [0.15, 0.2) is 69.8 Å². The largest absolute Gasteiger partial charge is 0.490 e. The minimum atomic E-state index is -0.858. The number of carbonyl (C=O) groups excluding carboxylic acids is 2. The molecule has 1 fully saturated rings. The SMILES string of the molecule is C=CC1=C(N=C(C)CC(/C=N\C(=C)N)=C/C)C=C(C2NC(=O)NC2=O)OC1. The summed E-state index contributed by atoms with van der Waals surface area (Å²) in [5.74, 6) is 0.111. The summed E-state index contributed by atoms with van der Waals surface area (Å²) < 4.78 is 5.59. The lowest BCUT2D eigenvalue weighted by molar-refractivity contribution is -0.120. The molecule has 1 saturated heterocycles. The molecule has 2 aliphatic heterocycles. The molecule has 2 rings (SSSR count). The maximum absolute atomic E-state index is 11.8. The number of carbonyl (C=O) groups is 2. The first kappa shape index (κ1) is 19.9. The minimum absolute atomic E-state index is 0.214. The van der Waals surface area contributed by atoms with Crippen LogP contribution in [0, 0.1) is 0 Å². The molecule has 1 atom stereocenters. The molecule has 0 spiro atoms. The van der Waals surface area contributed by atoms with Crippen molar-refractivity contribution in [2.45, 2.75) is 26.3 Å². The molecule has 1 unspecified atom stereocenters. The molecule has 4 N–H and O–H groups in total. The van der Waals surface area contributed by atoms with Crippen LogP contribution in [-0.4, -0.2) is 36.5 Å². The summed E-state index contributed by atoms with van der Waals surface area (Å²) in [5.41, 5.74) is 8.63. The van der Waals surface area contributed by atoms with Gasteiger partial charge in [-0.25, -0.2) is 9.79 Å². The van der Waals surface area contributed by atoms with Crippen LogP contribution >= 0.6 is 0 Å². The Hall–Kier alpha value is -3.42. The third kappa shape index (κ3) is 5.27. The molecular formula is C19H23N5O3. The van der Waals surface area contributed by atoms with Crippen molar-refractivity contribution in [3.05, 3.63) is 59.8 Å². The van der Waals surface area contributed by atoms with Crippen LogP contribution in [0.3, 0.4) is 0 Å². The Morgan fingerprint density at radius 1 is 1.48 bits per heavy atom. The average Bonchev–Trinajstić information content (AvgIpc) is 2.96. The molecule has 0 aromatic rings. The second-order valence-electron chi connectivity index (χ2n) is 5.98. The van der Waals surface area contributed by atoms with E-state index in [1.54, 1.807) is 18.4 Å². The van der Waals surface area contributed by atoms with Gasteiger partial charge in [-0.05, 0) is 19.4 Å². The lowest BCUT2D eigenvalue weighted by Gasteiger charge is -2.20. The van der Waals surface area contributed by atoms with E-state index in [1.807, 2.05) is 19.9 Å². The van der Waals surface area contributed by atoms with Gasteiger partial charge in [0.1, 0.15) is 18.2 Å². The molecule has 142 valence electrons. The fraction of sp³-hybridized carbons (Fsp3) is 0.263. The van der Waals surface area contributed by atoms with Crippen LogP contribution in [0.1, 0.15) is 20.3 Å². The fourth-order valence-corrected chi connectivity index (χ4v) is 2.48. The number of ether oxygens (including phenoxy) is 1. The number of urea groups is 1. The number of nitrogens with one attached hydrogen (secondary N) is 2. The summed E-state index contributed by atoms with van der Waals surface area (Å²) in [4.78, 5) is 31.8. The van der Waals surface area contributed by atoms with Crippen molar-refractivity contribution in [1.29, 1.82) is 0 Å². The van der Waals surface area contributed by atoms with E-state index in [4.69, 9.17) is 10.5 Å². The van der Waals surface area contributed by atoms with Crippen molar-refractivity contribution >= 4 is 23.9 Å². The van der Waals surface area contributed by atoms with Crippen LogP contribution < -0.4 is 16.4 Å². The number of hydrogen-bond donors (Lipinski definition) is 3. The van der Waals surface area contributed by atoms with E-state index in [9.17, 15) is 9.59 Å². The summed E-state index contributed by atoms with van der Waals surface area (Å²) in [6.07, 6.45) is 7.42. The number of allylic oxidation sites excluding steroid dienone is 3. The summed E-state index contributed by atoms with van der Waals surface area (Å²) in [5, 5.41) is 4.69. The molecule has 0 aliphatic carbocycles. The fourth-order valence-electron chi connectivity index (χ4n) is 2.48. The van der Waals surface area contributed by atoms with Gasteiger partial charge in [0.2, 0.25) is 0 Å². The second-order valence-corrected chi connectivity index (χ2v) is 5.98. The zero-order valence-electron chi connectivity index (χ0n) is 15.4. The van der Waals surface area contributed by atoms with E-state index in [1.165, 1.54) is 0 Å². The van der Waals surface area contributed by atoms with Crippen molar-refractivity contribution in [3.63, 3.8) is 0 Å². The number of hydrogen-bond acceptors (Lipinski definition) is 6. The Balaban J connectivity index is 2.25. The second kappa shape index (κ2) is 8.79. The number of imide groups is 1. The quantitative estimate of drug-likeness (QED) is 0.469. The standard InChI is InChI=1S/C19H23N5O3/c1-5-13(9-21-12(4)20)7-11(3)22-15-8-16(27-10-14(15)6-2)17-18(25)24-19(26)23-17/h5-6,8-9,17H,2,4,7,10,20H2,1,3H3,(H2,23,24,25,26)/b13-5-,21-9-,22-11?. The summed E-state index contributed by atoms with van der Waals surface area (Å²) in [7, 11) is 0. The molecule has 2 aliphatic rings. The minimum Gasteiger partial charge on any atom is -0.490 e. The van der Waals surface area contributed by atoms with Crippen molar-refractivity contribution in [3.8, 4) is 0 Å². The predicted octanol–water partition coefficient (Wildman–Crippen LogP) is 1.85. The molecule has 0 aromatic heterocycles. The summed E-state index contributed by atoms with van der Waals surface area (Å²) in [6, 6.07) is -1.41. The Labute approximate surface area is 158 Å². The monoisotopic (exact) mass is 369 g/mol. The van der Waals surface area contributed by atoms with Gasteiger partial charge in [-0.1, -0.05) is 25.3 Å². The molecule has 27 heavy (non-hydrogen) atoms. The van der Waals surface area contributed by atoms with Crippen LogP contribution in [0.2, 0.25) is 0 Å². The number of rotatable bonds is 7. The molecule has 2 heterocycles. The highest BCUT2D eigenvalue weighted by atomic mass is 16.5. The maximum atomic E-state index is 11.8. The lowest BCUT2D eigenvalue weighted by Crippen LogP contribution is -2.33. The van der Waals surface area contributed by atoms with E-state index in [2.05, 4.69) is 33.8 Å². The van der Waals surface area contributed by atoms with Gasteiger partial charge in [-0.2, -0.15) is 0 Å². The highest BCUT2D eigenvalue weighted by molar-refractivity contribution is 6.05. The van der Waals surface area contributed by atoms with Gasteiger partial charge in [0.05, 0.1) is 5.70 Å². The molecule has 3 amide bonds. The number of aliphatic imine (C=N–C) groups is 2. The van der Waals surface area contributed by atoms with Crippen molar-refractivity contribution in [2.24, 2.45) is 15.7 Å². The Kier molecular flexibility index (Phi) is 6.48. The molecule has 0 saturated carbocycles. The number of amides is 3. The zero-order valence-corrected chi connectivity index (χ0v) is 15.4. The van der Waals surface area contributed by atoms with Gasteiger partial charge < -0.3 is 15.8 Å². The van der Waals surface area contributed by atoms with Gasteiger partial charge >= 0.3 is 6.03 Å². The third-order valence-electron chi connectivity index (χ3n) is 3.85. The Morgan fingerprint density at radius 2 is 2.22 bits per heavy atom. The van der Waals surface area contributed by atoms with Crippen molar-refractivity contribution in [2.75, 3.05) is 6.61 Å².